The molecule has 0 radical (unpaired) electrons. The number of para-hydroxylation sites is 1. The number of fused-ring (bicyclic) bond motifs is 1. The van der Waals surface area contributed by atoms with Gasteiger partial charge in [-0.25, -0.2) is 0 Å². The minimum absolute atomic E-state index is 0.0718. The van der Waals surface area contributed by atoms with Gasteiger partial charge in [0.2, 0.25) is 11.0 Å². The van der Waals surface area contributed by atoms with Crippen LogP contribution in [0.2, 0.25) is 0 Å². The molecule has 0 spiro atoms. The van der Waals surface area contributed by atoms with E-state index in [9.17, 15) is 4.79 Å². The smallest absolute Gasteiger partial charge is 0.230 e. The largest absolute Gasteiger partial charge is 0.350 e. The summed E-state index contributed by atoms with van der Waals surface area (Å²) in [5.74, 6) is -0.0718. The highest BCUT2D eigenvalue weighted by Gasteiger charge is 2.12. The van der Waals surface area contributed by atoms with Crippen LogP contribution >= 0.6 is 11.3 Å². The molecule has 0 atom stereocenters. The number of rotatable bonds is 3. The number of nitrogens with zero attached hydrogens (tertiary/aromatic N) is 3. The summed E-state index contributed by atoms with van der Waals surface area (Å²) < 4.78 is 2.03. The minimum atomic E-state index is -0.0718. The van der Waals surface area contributed by atoms with E-state index in [0.717, 1.165) is 21.5 Å². The van der Waals surface area contributed by atoms with Gasteiger partial charge in [-0.1, -0.05) is 29.5 Å². The van der Waals surface area contributed by atoms with Gasteiger partial charge in [-0.3, -0.25) is 4.79 Å². The van der Waals surface area contributed by atoms with Gasteiger partial charge in [-0.2, -0.15) is 0 Å². The highest BCUT2D eigenvalue weighted by Crippen LogP contribution is 2.21. The first kappa shape index (κ1) is 12.8. The molecule has 2 aromatic heterocycles. The molecule has 0 saturated carbocycles. The van der Waals surface area contributed by atoms with Crippen molar-refractivity contribution < 1.29 is 4.79 Å². The van der Waals surface area contributed by atoms with Crippen LogP contribution in [-0.4, -0.2) is 20.7 Å². The Morgan fingerprint density at radius 2 is 2.15 bits per heavy atom. The molecule has 1 amide bonds. The van der Waals surface area contributed by atoms with Gasteiger partial charge in [0.1, 0.15) is 5.01 Å². The Morgan fingerprint density at radius 1 is 1.35 bits per heavy atom. The van der Waals surface area contributed by atoms with Gasteiger partial charge in [-0.15, -0.1) is 10.2 Å². The van der Waals surface area contributed by atoms with Crippen LogP contribution in [0.5, 0.6) is 0 Å². The molecule has 5 nitrogen and oxygen atoms in total. The van der Waals surface area contributed by atoms with Gasteiger partial charge >= 0.3 is 0 Å². The summed E-state index contributed by atoms with van der Waals surface area (Å²) in [5.41, 5.74) is 2.14. The Balaban J connectivity index is 1.81. The second-order valence-electron chi connectivity index (χ2n) is 4.63. The summed E-state index contributed by atoms with van der Waals surface area (Å²) in [6.07, 6.45) is 2.33. The second-order valence-corrected chi connectivity index (χ2v) is 5.82. The average molecular weight is 286 g/mol. The van der Waals surface area contributed by atoms with E-state index in [1.807, 2.05) is 49.0 Å². The summed E-state index contributed by atoms with van der Waals surface area (Å²) in [6, 6.07) is 8.06. The maximum absolute atomic E-state index is 12.1. The molecule has 3 aromatic rings. The lowest BCUT2D eigenvalue weighted by Crippen LogP contribution is -2.14. The number of amides is 1. The summed E-state index contributed by atoms with van der Waals surface area (Å²) >= 11 is 1.38. The lowest BCUT2D eigenvalue weighted by atomic mass is 10.1. The normalized spacial score (nSPS) is 10.9. The third-order valence-corrected chi connectivity index (χ3v) is 3.86. The van der Waals surface area contributed by atoms with Crippen molar-refractivity contribution >= 4 is 33.3 Å². The average Bonchev–Trinajstić information content (AvgIpc) is 2.95. The fraction of sp³-hybridized carbons (Fsp3) is 0.214. The summed E-state index contributed by atoms with van der Waals surface area (Å²) in [4.78, 5) is 12.1. The van der Waals surface area contributed by atoms with Crippen molar-refractivity contribution in [2.45, 2.75) is 13.3 Å². The zero-order chi connectivity index (χ0) is 14.1. The van der Waals surface area contributed by atoms with Crippen LogP contribution in [0.15, 0.2) is 30.5 Å². The highest BCUT2D eigenvalue weighted by molar-refractivity contribution is 7.15. The van der Waals surface area contributed by atoms with E-state index in [-0.39, 0.29) is 5.91 Å². The third kappa shape index (κ3) is 2.42. The van der Waals surface area contributed by atoms with Crippen LogP contribution in [0.4, 0.5) is 5.13 Å². The van der Waals surface area contributed by atoms with Crippen molar-refractivity contribution in [3.63, 3.8) is 0 Å². The number of nitrogens with one attached hydrogen (secondary N) is 1. The molecular weight excluding hydrogens is 272 g/mol. The van der Waals surface area contributed by atoms with Crippen molar-refractivity contribution in [1.29, 1.82) is 0 Å². The number of carbonyl (C=O) groups is 1. The van der Waals surface area contributed by atoms with Gasteiger partial charge in [0, 0.05) is 24.1 Å². The molecule has 20 heavy (non-hydrogen) atoms. The Kier molecular flexibility index (Phi) is 3.23. The quantitative estimate of drug-likeness (QED) is 0.805. The highest BCUT2D eigenvalue weighted by atomic mass is 32.1. The summed E-state index contributed by atoms with van der Waals surface area (Å²) in [7, 11) is 1.98. The van der Waals surface area contributed by atoms with Crippen molar-refractivity contribution in [2.24, 2.45) is 7.05 Å². The first-order valence-corrected chi connectivity index (χ1v) is 7.08. The Morgan fingerprint density at radius 3 is 2.90 bits per heavy atom. The van der Waals surface area contributed by atoms with Crippen molar-refractivity contribution in [2.75, 3.05) is 5.32 Å². The minimum Gasteiger partial charge on any atom is -0.350 e. The standard InChI is InChI=1S/C14H14N4OS/c1-9-16-17-14(20-9)15-13(19)7-10-8-18(2)12-6-4-3-5-11(10)12/h3-6,8H,7H2,1-2H3,(H,15,17,19). The molecule has 0 saturated heterocycles. The molecule has 0 aliphatic carbocycles. The van der Waals surface area contributed by atoms with Crippen molar-refractivity contribution in [3.05, 3.63) is 41.0 Å². The van der Waals surface area contributed by atoms with Gasteiger partial charge in [0.15, 0.2) is 0 Å². The molecule has 0 bridgehead atoms. The molecule has 1 aromatic carbocycles. The zero-order valence-corrected chi connectivity index (χ0v) is 12.1. The van der Waals surface area contributed by atoms with Crippen molar-refractivity contribution in [1.82, 2.24) is 14.8 Å². The van der Waals surface area contributed by atoms with Gasteiger partial charge in [-0.05, 0) is 18.6 Å². The van der Waals surface area contributed by atoms with Crippen LogP contribution in [-0.2, 0) is 18.3 Å². The van der Waals surface area contributed by atoms with Crippen molar-refractivity contribution in [3.8, 4) is 0 Å². The Labute approximate surface area is 120 Å². The van der Waals surface area contributed by atoms with E-state index in [2.05, 4.69) is 15.5 Å². The molecule has 0 fully saturated rings. The van der Waals surface area contributed by atoms with Crippen LogP contribution in [0, 0.1) is 6.92 Å². The van der Waals surface area contributed by atoms with Gasteiger partial charge in [0.05, 0.1) is 6.42 Å². The molecular formula is C14H14N4OS. The number of aryl methyl sites for hydroxylation is 2. The molecule has 102 valence electrons. The molecule has 0 aliphatic rings. The number of hydrogen-bond acceptors (Lipinski definition) is 4. The number of aromatic nitrogens is 3. The van der Waals surface area contributed by atoms with Crippen LogP contribution in [0.3, 0.4) is 0 Å². The molecule has 0 aliphatic heterocycles. The molecule has 0 unspecified atom stereocenters. The molecule has 1 N–H and O–H groups in total. The van der Waals surface area contributed by atoms with E-state index in [1.54, 1.807) is 0 Å². The Hall–Kier alpha value is -2.21. The van der Waals surface area contributed by atoms with E-state index >= 15 is 0 Å². The predicted octanol–water partition coefficient (Wildman–Crippen LogP) is 2.52. The van der Waals surface area contributed by atoms with Gasteiger partial charge < -0.3 is 9.88 Å². The van der Waals surface area contributed by atoms with Gasteiger partial charge in [0.25, 0.3) is 0 Å². The zero-order valence-electron chi connectivity index (χ0n) is 11.3. The topological polar surface area (TPSA) is 59.8 Å². The van der Waals surface area contributed by atoms with E-state index < -0.39 is 0 Å². The second kappa shape index (κ2) is 5.05. The number of hydrogen-bond donors (Lipinski definition) is 1. The molecule has 2 heterocycles. The summed E-state index contributed by atoms with van der Waals surface area (Å²) in [5, 5.41) is 13.1. The fourth-order valence-electron chi connectivity index (χ4n) is 2.25. The lowest BCUT2D eigenvalue weighted by Gasteiger charge is -2.00. The maximum atomic E-state index is 12.1. The Bertz CT molecular complexity index is 774. The van der Waals surface area contributed by atoms with Crippen LogP contribution in [0.1, 0.15) is 10.6 Å². The molecule has 3 rings (SSSR count). The van der Waals surface area contributed by atoms with Crippen LogP contribution < -0.4 is 5.32 Å². The monoisotopic (exact) mass is 286 g/mol. The first-order valence-electron chi connectivity index (χ1n) is 6.26. The van der Waals surface area contributed by atoms with Crippen LogP contribution in [0.25, 0.3) is 10.9 Å². The summed E-state index contributed by atoms with van der Waals surface area (Å²) in [6.45, 7) is 1.86. The number of anilines is 1. The lowest BCUT2D eigenvalue weighted by molar-refractivity contribution is -0.115. The third-order valence-electron chi connectivity index (χ3n) is 3.10. The number of benzene rings is 1. The first-order chi connectivity index (χ1) is 9.63. The predicted molar refractivity (Wildman–Crippen MR) is 79.9 cm³/mol. The van der Waals surface area contributed by atoms with E-state index in [1.165, 1.54) is 11.3 Å². The SMILES string of the molecule is Cc1nnc(NC(=O)Cc2cn(C)c3ccccc23)s1. The molecule has 6 heteroatoms. The van der Waals surface area contributed by atoms with E-state index in [4.69, 9.17) is 0 Å². The van der Waals surface area contributed by atoms with E-state index in [0.29, 0.717) is 11.6 Å². The fourth-order valence-corrected chi connectivity index (χ4v) is 2.86. The maximum Gasteiger partial charge on any atom is 0.230 e. The number of carbonyl (C=O) groups excluding carboxylic acids is 1.